The van der Waals surface area contributed by atoms with E-state index in [9.17, 15) is 19.2 Å². The lowest BCUT2D eigenvalue weighted by molar-refractivity contribution is -0.123. The maximum absolute atomic E-state index is 12.0. The highest BCUT2D eigenvalue weighted by atomic mass is 32.2. The summed E-state index contributed by atoms with van der Waals surface area (Å²) in [6, 6.07) is 0.410. The van der Waals surface area contributed by atoms with Gasteiger partial charge in [-0.3, -0.25) is 14.4 Å². The Morgan fingerprint density at radius 2 is 1.27 bits per heavy atom. The molecular weight excluding hydrogens is 554 g/mol. The number of amides is 5. The lowest BCUT2D eigenvalue weighted by Gasteiger charge is -2.16. The van der Waals surface area contributed by atoms with Crippen LogP contribution in [0.25, 0.3) is 0 Å². The van der Waals surface area contributed by atoms with Crippen LogP contribution in [0.15, 0.2) is 0 Å². The fourth-order valence-corrected chi connectivity index (χ4v) is 6.03. The Bertz CT molecular complexity index is 778. The molecule has 41 heavy (non-hydrogen) atoms. The second-order valence-corrected chi connectivity index (χ2v) is 11.3. The molecule has 0 saturated carbocycles. The van der Waals surface area contributed by atoms with Gasteiger partial charge in [0.05, 0.1) is 45.1 Å². The van der Waals surface area contributed by atoms with Crippen molar-refractivity contribution in [1.82, 2.24) is 26.6 Å². The maximum Gasteiger partial charge on any atom is 0.315 e. The first-order valence-corrected chi connectivity index (χ1v) is 15.9. The molecule has 0 aromatic heterocycles. The zero-order valence-electron chi connectivity index (χ0n) is 24.1. The van der Waals surface area contributed by atoms with Gasteiger partial charge in [0.25, 0.3) is 0 Å². The summed E-state index contributed by atoms with van der Waals surface area (Å²) in [5.41, 5.74) is 0. The predicted molar refractivity (Wildman–Crippen MR) is 156 cm³/mol. The van der Waals surface area contributed by atoms with Gasteiger partial charge in [0, 0.05) is 63.1 Å². The quantitative estimate of drug-likeness (QED) is 0.0622. The Morgan fingerprint density at radius 1 is 0.732 bits per heavy atom. The van der Waals surface area contributed by atoms with E-state index >= 15 is 0 Å². The van der Waals surface area contributed by atoms with Crippen molar-refractivity contribution in [1.29, 1.82) is 0 Å². The third-order valence-electron chi connectivity index (χ3n) is 6.64. The van der Waals surface area contributed by atoms with Crippen LogP contribution in [-0.2, 0) is 28.6 Å². The topological polar surface area (TPSA) is 176 Å². The van der Waals surface area contributed by atoms with Crippen LogP contribution in [0, 0.1) is 0 Å². The fraction of sp³-hybridized carbons (Fsp3) is 0.852. The minimum Gasteiger partial charge on any atom is -0.395 e. The van der Waals surface area contributed by atoms with Crippen LogP contribution in [0.4, 0.5) is 4.79 Å². The van der Waals surface area contributed by atoms with Crippen molar-refractivity contribution in [3.63, 3.8) is 0 Å². The highest BCUT2D eigenvalue weighted by Crippen LogP contribution is 2.33. The van der Waals surface area contributed by atoms with Gasteiger partial charge >= 0.3 is 6.03 Å². The van der Waals surface area contributed by atoms with Gasteiger partial charge in [-0.25, -0.2) is 4.79 Å². The van der Waals surface area contributed by atoms with Crippen molar-refractivity contribution in [2.24, 2.45) is 0 Å². The summed E-state index contributed by atoms with van der Waals surface area (Å²) in [4.78, 5) is 46.5. The minimum absolute atomic E-state index is 0.0615. The van der Waals surface area contributed by atoms with Gasteiger partial charge < -0.3 is 45.9 Å². The average molecular weight is 604 g/mol. The van der Waals surface area contributed by atoms with Crippen LogP contribution in [0.3, 0.4) is 0 Å². The predicted octanol–water partition coefficient (Wildman–Crippen LogP) is 0.0534. The molecule has 2 aliphatic rings. The number of aliphatic hydroxyl groups excluding tert-OH is 1. The third-order valence-corrected chi connectivity index (χ3v) is 8.15. The van der Waals surface area contributed by atoms with E-state index in [4.69, 9.17) is 19.3 Å². The van der Waals surface area contributed by atoms with Crippen molar-refractivity contribution in [3.05, 3.63) is 0 Å². The molecule has 14 heteroatoms. The van der Waals surface area contributed by atoms with Crippen LogP contribution in [-0.4, -0.2) is 118 Å². The Morgan fingerprint density at radius 3 is 1.85 bits per heavy atom. The summed E-state index contributed by atoms with van der Waals surface area (Å²) in [7, 11) is 0. The van der Waals surface area contributed by atoms with Gasteiger partial charge in [-0.15, -0.1) is 0 Å². The number of ether oxygens (including phenoxy) is 3. The van der Waals surface area contributed by atoms with Gasteiger partial charge in [-0.05, 0) is 32.1 Å². The molecule has 0 aromatic carbocycles. The van der Waals surface area contributed by atoms with Crippen molar-refractivity contribution < 1.29 is 38.5 Å². The van der Waals surface area contributed by atoms with Crippen molar-refractivity contribution >= 4 is 35.5 Å². The molecule has 0 bridgehead atoms. The molecular formula is C27H49N5O8S. The molecule has 2 saturated heterocycles. The molecule has 236 valence electrons. The summed E-state index contributed by atoms with van der Waals surface area (Å²) >= 11 is 1.90. The second-order valence-electron chi connectivity index (χ2n) is 10.0. The first-order chi connectivity index (χ1) is 20.0. The summed E-state index contributed by atoms with van der Waals surface area (Å²) < 4.78 is 16.5. The minimum atomic E-state index is -0.161. The lowest BCUT2D eigenvalue weighted by Crippen LogP contribution is -2.36. The van der Waals surface area contributed by atoms with Crippen molar-refractivity contribution in [2.75, 3.05) is 71.6 Å². The molecule has 0 unspecified atom stereocenters. The Hall–Kier alpha value is -2.13. The summed E-state index contributed by atoms with van der Waals surface area (Å²) in [6.07, 6.45) is 5.85. The molecule has 3 atom stereocenters. The Kier molecular flexibility index (Phi) is 19.2. The Labute approximate surface area is 247 Å². The first kappa shape index (κ1) is 35.1. The number of nitrogens with one attached hydrogen (secondary N) is 5. The van der Waals surface area contributed by atoms with E-state index in [1.54, 1.807) is 0 Å². The van der Waals surface area contributed by atoms with Crippen LogP contribution < -0.4 is 26.6 Å². The molecule has 2 rings (SSSR count). The maximum atomic E-state index is 12.0. The standard InChI is InChI=1S/C27H49N5O8S/c33-13-12-30-25(36)9-3-8-24(35)29-11-5-15-39-17-19-40-18-16-38-14-4-10-28-23(34)7-2-1-6-22-26-21(20-41-22)31-27(37)32-26/h21-22,26,33H,1-20H2,(H,28,34)(H,29,35)(H,30,36)(H2,31,32,37)/t21-,22-,26-/m0/s1. The average Bonchev–Trinajstić information content (AvgIpc) is 3.51. The number of fused-ring (bicyclic) bond motifs is 1. The second kappa shape index (κ2) is 22.5. The zero-order valence-corrected chi connectivity index (χ0v) is 24.9. The van der Waals surface area contributed by atoms with Crippen LogP contribution in [0.2, 0.25) is 0 Å². The van der Waals surface area contributed by atoms with Crippen LogP contribution in [0.5, 0.6) is 0 Å². The van der Waals surface area contributed by atoms with Crippen LogP contribution in [0.1, 0.15) is 57.8 Å². The fourth-order valence-electron chi connectivity index (χ4n) is 4.49. The third kappa shape index (κ3) is 16.8. The number of thioether (sulfide) groups is 1. The van der Waals surface area contributed by atoms with E-state index in [-0.39, 0.29) is 55.4 Å². The van der Waals surface area contributed by atoms with Crippen molar-refractivity contribution in [2.45, 2.75) is 75.1 Å². The Balaban J connectivity index is 1.25. The number of urea groups is 1. The highest BCUT2D eigenvalue weighted by Gasteiger charge is 2.42. The molecule has 0 aliphatic carbocycles. The number of hydrogen-bond donors (Lipinski definition) is 6. The largest absolute Gasteiger partial charge is 0.395 e. The van der Waals surface area contributed by atoms with Gasteiger partial charge in [0.15, 0.2) is 0 Å². The summed E-state index contributed by atoms with van der Waals surface area (Å²) in [5.74, 6) is 0.779. The number of unbranched alkanes of at least 4 members (excludes halogenated alkanes) is 1. The van der Waals surface area contributed by atoms with E-state index in [1.165, 1.54) is 0 Å². The number of carbonyl (C=O) groups is 4. The van der Waals surface area contributed by atoms with E-state index in [0.29, 0.717) is 83.7 Å². The lowest BCUT2D eigenvalue weighted by atomic mass is 10.0. The molecule has 0 aromatic rings. The number of rotatable bonds is 25. The number of hydrogen-bond acceptors (Lipinski definition) is 9. The molecule has 13 nitrogen and oxygen atoms in total. The monoisotopic (exact) mass is 603 g/mol. The van der Waals surface area contributed by atoms with Crippen molar-refractivity contribution in [3.8, 4) is 0 Å². The summed E-state index contributed by atoms with van der Waals surface area (Å²) in [6.45, 7) is 4.24. The van der Waals surface area contributed by atoms with E-state index < -0.39 is 0 Å². The smallest absolute Gasteiger partial charge is 0.315 e. The molecule has 0 spiro atoms. The molecule has 6 N–H and O–H groups in total. The molecule has 2 fully saturated rings. The van der Waals surface area contributed by atoms with E-state index in [2.05, 4.69) is 26.6 Å². The van der Waals surface area contributed by atoms with Gasteiger partial charge in [0.2, 0.25) is 17.7 Å². The highest BCUT2D eigenvalue weighted by molar-refractivity contribution is 8.00. The van der Waals surface area contributed by atoms with Crippen LogP contribution >= 0.6 is 11.8 Å². The number of carbonyl (C=O) groups excluding carboxylic acids is 4. The molecule has 0 radical (unpaired) electrons. The first-order valence-electron chi connectivity index (χ1n) is 14.8. The van der Waals surface area contributed by atoms with Gasteiger partial charge in [0.1, 0.15) is 0 Å². The molecule has 5 amide bonds. The summed E-state index contributed by atoms with van der Waals surface area (Å²) in [5, 5.41) is 23.3. The van der Waals surface area contributed by atoms with Gasteiger partial charge in [-0.1, -0.05) is 6.42 Å². The van der Waals surface area contributed by atoms with E-state index in [1.807, 2.05) is 11.8 Å². The van der Waals surface area contributed by atoms with Gasteiger partial charge in [-0.2, -0.15) is 11.8 Å². The number of aliphatic hydroxyl groups is 1. The molecule has 2 aliphatic heterocycles. The van der Waals surface area contributed by atoms with E-state index in [0.717, 1.165) is 31.4 Å². The normalized spacial score (nSPS) is 19.3. The SMILES string of the molecule is O=C(CCCC(=O)NCCCOCCOCCOCCCNC(=O)CCCC[C@@H]1SC[C@@H]2NC(=O)N[C@@H]21)NCCO. The molecule has 2 heterocycles. The zero-order chi connectivity index (χ0) is 29.5.